The largest absolute Gasteiger partial charge is 0.481 e. The van der Waals surface area contributed by atoms with Crippen molar-refractivity contribution in [3.8, 4) is 0 Å². The van der Waals surface area contributed by atoms with Crippen LogP contribution in [0, 0.1) is 17.3 Å². The van der Waals surface area contributed by atoms with Crippen LogP contribution in [0.25, 0.3) is 0 Å². The van der Waals surface area contributed by atoms with Crippen LogP contribution in [0.1, 0.15) is 72.6 Å². The van der Waals surface area contributed by atoms with E-state index in [1.165, 1.54) is 0 Å². The Kier molecular flexibility index (Phi) is 5.43. The molecule has 0 aromatic rings. The Bertz CT molecular complexity index is 301. The van der Waals surface area contributed by atoms with Crippen LogP contribution >= 0.6 is 0 Å². The van der Waals surface area contributed by atoms with Gasteiger partial charge in [0.05, 0.1) is 11.5 Å². The van der Waals surface area contributed by atoms with Crippen molar-refractivity contribution in [2.75, 3.05) is 0 Å². The number of aliphatic carboxylic acids is 1. The quantitative estimate of drug-likeness (QED) is 0.771. The van der Waals surface area contributed by atoms with Gasteiger partial charge in [-0.1, -0.05) is 40.5 Å². The molecule has 0 bridgehead atoms. The highest BCUT2D eigenvalue weighted by Gasteiger charge is 2.45. The summed E-state index contributed by atoms with van der Waals surface area (Å²) in [6.07, 6.45) is 5.69. The van der Waals surface area contributed by atoms with Crippen molar-refractivity contribution < 1.29 is 15.0 Å². The minimum absolute atomic E-state index is 0.296. The minimum Gasteiger partial charge on any atom is -0.481 e. The van der Waals surface area contributed by atoms with Gasteiger partial charge in [-0.05, 0) is 43.4 Å². The molecule has 1 fully saturated rings. The van der Waals surface area contributed by atoms with Crippen molar-refractivity contribution in [3.63, 3.8) is 0 Å². The first-order valence-corrected chi connectivity index (χ1v) is 7.72. The van der Waals surface area contributed by atoms with Crippen molar-refractivity contribution in [1.29, 1.82) is 0 Å². The molecule has 3 heteroatoms. The number of carbonyl (C=O) groups is 1. The summed E-state index contributed by atoms with van der Waals surface area (Å²) < 4.78 is 0. The first-order chi connectivity index (χ1) is 8.77. The minimum atomic E-state index is -0.984. The highest BCUT2D eigenvalue weighted by Crippen LogP contribution is 2.46. The van der Waals surface area contributed by atoms with Gasteiger partial charge in [-0.15, -0.1) is 0 Å². The van der Waals surface area contributed by atoms with Gasteiger partial charge in [0.2, 0.25) is 0 Å². The third kappa shape index (κ3) is 3.71. The molecule has 0 radical (unpaired) electrons. The first-order valence-electron chi connectivity index (χ1n) is 7.72. The zero-order valence-electron chi connectivity index (χ0n) is 12.9. The van der Waals surface area contributed by atoms with E-state index in [0.29, 0.717) is 30.6 Å². The molecular weight excluding hydrogens is 240 g/mol. The fourth-order valence-corrected chi connectivity index (χ4v) is 3.45. The lowest BCUT2D eigenvalue weighted by Crippen LogP contribution is -2.46. The molecule has 1 aliphatic carbocycles. The van der Waals surface area contributed by atoms with E-state index >= 15 is 0 Å². The number of carboxylic acids is 1. The van der Waals surface area contributed by atoms with Crippen molar-refractivity contribution >= 4 is 5.97 Å². The van der Waals surface area contributed by atoms with Gasteiger partial charge in [0.15, 0.2) is 0 Å². The Morgan fingerprint density at radius 3 is 2.21 bits per heavy atom. The Labute approximate surface area is 117 Å². The molecule has 112 valence electrons. The second kappa shape index (κ2) is 6.25. The molecule has 0 aromatic heterocycles. The topological polar surface area (TPSA) is 57.5 Å². The van der Waals surface area contributed by atoms with E-state index in [1.807, 2.05) is 6.92 Å². The van der Waals surface area contributed by atoms with Gasteiger partial charge in [0, 0.05) is 0 Å². The highest BCUT2D eigenvalue weighted by molar-refractivity contribution is 5.71. The molecule has 1 aliphatic rings. The van der Waals surface area contributed by atoms with Crippen molar-refractivity contribution in [3.05, 3.63) is 0 Å². The number of rotatable bonds is 6. The molecule has 1 unspecified atom stereocenters. The Balaban J connectivity index is 2.71. The van der Waals surface area contributed by atoms with Gasteiger partial charge in [-0.2, -0.15) is 0 Å². The van der Waals surface area contributed by atoms with E-state index in [4.69, 9.17) is 0 Å². The van der Waals surface area contributed by atoms with Gasteiger partial charge in [-0.25, -0.2) is 0 Å². The average Bonchev–Trinajstić information content (AvgIpc) is 2.36. The molecule has 0 aliphatic heterocycles. The Hall–Kier alpha value is -0.570. The van der Waals surface area contributed by atoms with Crippen LogP contribution in [0.3, 0.4) is 0 Å². The molecule has 0 amide bonds. The Morgan fingerprint density at radius 1 is 1.32 bits per heavy atom. The maximum Gasteiger partial charge on any atom is 0.309 e. The van der Waals surface area contributed by atoms with Gasteiger partial charge in [-0.3, -0.25) is 4.79 Å². The zero-order valence-corrected chi connectivity index (χ0v) is 12.9. The molecule has 0 heterocycles. The lowest BCUT2D eigenvalue weighted by Gasteiger charge is -2.44. The van der Waals surface area contributed by atoms with E-state index in [1.54, 1.807) is 0 Å². The predicted molar refractivity (Wildman–Crippen MR) is 77.0 cm³/mol. The molecular formula is C16H30O3. The summed E-state index contributed by atoms with van der Waals surface area (Å²) in [5.41, 5.74) is -0.688. The molecule has 0 spiro atoms. The standard InChI is InChI=1S/C16H30O3/c1-5-7-13(14(17)18)16(19)10-8-12(9-11-16)15(3,4)6-2/h12-13,19H,5-11H2,1-4H3,(H,17,18). The van der Waals surface area contributed by atoms with Crippen LogP contribution in [0.4, 0.5) is 0 Å². The summed E-state index contributed by atoms with van der Waals surface area (Å²) in [5.74, 6) is -0.824. The summed E-state index contributed by atoms with van der Waals surface area (Å²) >= 11 is 0. The van der Waals surface area contributed by atoms with E-state index in [0.717, 1.165) is 25.7 Å². The van der Waals surface area contributed by atoms with E-state index < -0.39 is 17.5 Å². The maximum atomic E-state index is 11.4. The van der Waals surface area contributed by atoms with Gasteiger partial charge in [0.25, 0.3) is 0 Å². The van der Waals surface area contributed by atoms with Crippen LogP contribution in [0.5, 0.6) is 0 Å². The van der Waals surface area contributed by atoms with E-state index in [-0.39, 0.29) is 0 Å². The van der Waals surface area contributed by atoms with Gasteiger partial charge < -0.3 is 10.2 Å². The smallest absolute Gasteiger partial charge is 0.309 e. The number of hydrogen-bond donors (Lipinski definition) is 2. The fraction of sp³-hybridized carbons (Fsp3) is 0.938. The summed E-state index contributed by atoms with van der Waals surface area (Å²) in [6.45, 7) is 8.74. The van der Waals surface area contributed by atoms with Crippen LogP contribution in [0.2, 0.25) is 0 Å². The highest BCUT2D eigenvalue weighted by atomic mass is 16.4. The second-order valence-corrected chi connectivity index (χ2v) is 6.90. The number of aliphatic hydroxyl groups is 1. The second-order valence-electron chi connectivity index (χ2n) is 6.90. The van der Waals surface area contributed by atoms with E-state index in [2.05, 4.69) is 20.8 Å². The van der Waals surface area contributed by atoms with Gasteiger partial charge >= 0.3 is 5.97 Å². The molecule has 2 N–H and O–H groups in total. The van der Waals surface area contributed by atoms with Crippen molar-refractivity contribution in [1.82, 2.24) is 0 Å². The Morgan fingerprint density at radius 2 is 1.84 bits per heavy atom. The normalized spacial score (nSPS) is 30.1. The molecule has 19 heavy (non-hydrogen) atoms. The average molecular weight is 270 g/mol. The SMILES string of the molecule is CCCC(C(=O)O)C1(O)CCC(C(C)(C)CC)CC1. The van der Waals surface area contributed by atoms with E-state index in [9.17, 15) is 15.0 Å². The molecule has 3 nitrogen and oxygen atoms in total. The monoisotopic (exact) mass is 270 g/mol. The summed E-state index contributed by atoms with van der Waals surface area (Å²) in [4.78, 5) is 11.4. The first kappa shape index (κ1) is 16.5. The molecule has 1 saturated carbocycles. The fourth-order valence-electron chi connectivity index (χ4n) is 3.45. The van der Waals surface area contributed by atoms with Crippen molar-refractivity contribution in [2.45, 2.75) is 78.2 Å². The summed E-state index contributed by atoms with van der Waals surface area (Å²) in [5, 5.41) is 20.0. The third-order valence-corrected chi connectivity index (χ3v) is 5.39. The molecule has 0 saturated heterocycles. The third-order valence-electron chi connectivity index (χ3n) is 5.39. The van der Waals surface area contributed by atoms with Gasteiger partial charge in [0.1, 0.15) is 0 Å². The molecule has 1 rings (SSSR count). The van der Waals surface area contributed by atoms with Crippen LogP contribution in [-0.2, 0) is 4.79 Å². The lowest BCUT2D eigenvalue weighted by atomic mass is 9.63. The number of carboxylic acid groups (broad SMARTS) is 1. The molecule has 0 aromatic carbocycles. The van der Waals surface area contributed by atoms with Crippen molar-refractivity contribution in [2.24, 2.45) is 17.3 Å². The molecule has 1 atom stereocenters. The zero-order chi connectivity index (χ0) is 14.7. The van der Waals surface area contributed by atoms with Crippen LogP contribution in [-0.4, -0.2) is 21.8 Å². The number of hydrogen-bond acceptors (Lipinski definition) is 2. The summed E-state index contributed by atoms with van der Waals surface area (Å²) in [6, 6.07) is 0. The maximum absolute atomic E-state index is 11.4. The van der Waals surface area contributed by atoms with Crippen LogP contribution in [0.15, 0.2) is 0 Å². The predicted octanol–water partition coefficient (Wildman–Crippen LogP) is 3.84. The lowest BCUT2D eigenvalue weighted by molar-refractivity contribution is -0.157. The van der Waals surface area contributed by atoms with Crippen LogP contribution < -0.4 is 0 Å². The summed E-state index contributed by atoms with van der Waals surface area (Å²) in [7, 11) is 0.